The number of carbonyl (C=O) groups is 2. The van der Waals surface area contributed by atoms with Crippen LogP contribution in [-0.4, -0.2) is 73.8 Å². The van der Waals surface area contributed by atoms with E-state index < -0.39 is 6.16 Å². The zero-order chi connectivity index (χ0) is 32.5. The molecule has 46 heavy (non-hydrogen) atoms. The van der Waals surface area contributed by atoms with Crippen LogP contribution in [0.15, 0.2) is 67.1 Å². The van der Waals surface area contributed by atoms with E-state index in [1.807, 2.05) is 29.7 Å². The van der Waals surface area contributed by atoms with Gasteiger partial charge in [0.1, 0.15) is 13.2 Å². The molecule has 0 bridgehead atoms. The number of imidazole rings is 1. The van der Waals surface area contributed by atoms with E-state index in [0.29, 0.717) is 49.0 Å². The van der Waals surface area contributed by atoms with Crippen LogP contribution in [0.3, 0.4) is 0 Å². The van der Waals surface area contributed by atoms with Crippen molar-refractivity contribution in [2.24, 2.45) is 0 Å². The topological polar surface area (TPSA) is 136 Å². The molecule has 0 radical (unpaired) electrons. The molecule has 2 N–H and O–H groups in total. The average Bonchev–Trinajstić information content (AvgIpc) is 3.53. The van der Waals surface area contributed by atoms with Crippen molar-refractivity contribution >= 4 is 35.0 Å². The van der Waals surface area contributed by atoms with Crippen molar-refractivity contribution in [1.82, 2.24) is 29.4 Å². The first-order chi connectivity index (χ1) is 22.3. The van der Waals surface area contributed by atoms with Crippen molar-refractivity contribution in [2.45, 2.75) is 65.1 Å². The molecule has 0 saturated carbocycles. The van der Waals surface area contributed by atoms with Gasteiger partial charge in [-0.25, -0.2) is 9.78 Å². The number of rotatable bonds is 13. The fraction of sp³-hybridized carbons (Fsp3) is 0.412. The molecule has 242 valence electrons. The Kier molecular flexibility index (Phi) is 10.8. The fourth-order valence-corrected chi connectivity index (χ4v) is 5.18. The summed E-state index contributed by atoms with van der Waals surface area (Å²) in [6.07, 6.45) is 6.38. The van der Waals surface area contributed by atoms with Gasteiger partial charge < -0.3 is 29.6 Å². The van der Waals surface area contributed by atoms with Crippen molar-refractivity contribution in [3.05, 3.63) is 72.7 Å². The highest BCUT2D eigenvalue weighted by molar-refractivity contribution is 5.93. The number of amides is 1. The Bertz CT molecular complexity index is 1630. The van der Waals surface area contributed by atoms with Crippen LogP contribution in [-0.2, 0) is 20.8 Å². The van der Waals surface area contributed by atoms with Crippen molar-refractivity contribution in [3.8, 4) is 11.3 Å². The summed E-state index contributed by atoms with van der Waals surface area (Å²) >= 11 is 0. The largest absolute Gasteiger partial charge is 0.508 e. The summed E-state index contributed by atoms with van der Waals surface area (Å²) in [5.74, 6) is 0.791. The van der Waals surface area contributed by atoms with Crippen LogP contribution >= 0.6 is 0 Å². The monoisotopic (exact) mass is 626 g/mol. The SMILES string of the molecule is C=C(COC(=O)OC[C@@H](CC)Nc1nc(NCc2ccc(-c3ccccn3)cc2)c2ncn(C(C)C)c2n1)C(=O)N1CCCCC1. The minimum absolute atomic E-state index is 0.0259. The van der Waals surface area contributed by atoms with E-state index in [2.05, 4.69) is 65.3 Å². The summed E-state index contributed by atoms with van der Waals surface area (Å²) in [5, 5.41) is 6.73. The third kappa shape index (κ3) is 8.17. The lowest BCUT2D eigenvalue weighted by Gasteiger charge is -2.27. The van der Waals surface area contributed by atoms with Crippen LogP contribution in [0.1, 0.15) is 58.1 Å². The van der Waals surface area contributed by atoms with E-state index in [1.54, 1.807) is 17.4 Å². The molecule has 1 atom stereocenters. The smallest absolute Gasteiger partial charge is 0.432 e. The second-order valence-corrected chi connectivity index (χ2v) is 11.6. The molecule has 0 spiro atoms. The van der Waals surface area contributed by atoms with E-state index in [4.69, 9.17) is 19.4 Å². The molecule has 12 heteroatoms. The first kappa shape index (κ1) is 32.4. The molecule has 4 heterocycles. The standard InChI is InChI=1S/C34H42N8O4/c1-5-27(21-46-34(44)45-20-24(4)32(43)41-17-9-6-10-18-41)38-33-39-30(29-31(40-33)42(22-37-29)23(2)3)36-19-25-12-14-26(15-13-25)28-11-7-8-16-35-28/h7-8,11-16,22-23,27H,4-6,9-10,17-21H2,1-3H3,(H2,36,38,39,40)/t27-/m1/s1. The summed E-state index contributed by atoms with van der Waals surface area (Å²) in [6, 6.07) is 13.9. The number of carbonyl (C=O) groups excluding carboxylic acids is 2. The second kappa shape index (κ2) is 15.3. The molecule has 5 rings (SSSR count). The summed E-state index contributed by atoms with van der Waals surface area (Å²) in [5.41, 5.74) is 4.62. The van der Waals surface area contributed by atoms with Crippen LogP contribution in [0.25, 0.3) is 22.4 Å². The van der Waals surface area contributed by atoms with Gasteiger partial charge in [0.15, 0.2) is 17.0 Å². The Morgan fingerprint density at radius 3 is 2.48 bits per heavy atom. The first-order valence-corrected chi connectivity index (χ1v) is 15.8. The molecular formula is C34H42N8O4. The molecular weight excluding hydrogens is 584 g/mol. The Balaban J connectivity index is 1.21. The predicted molar refractivity (Wildman–Crippen MR) is 177 cm³/mol. The molecule has 12 nitrogen and oxygen atoms in total. The van der Waals surface area contributed by atoms with Gasteiger partial charge in [-0.1, -0.05) is 43.8 Å². The summed E-state index contributed by atoms with van der Waals surface area (Å²) in [7, 11) is 0. The van der Waals surface area contributed by atoms with Gasteiger partial charge >= 0.3 is 6.16 Å². The number of hydrogen-bond donors (Lipinski definition) is 2. The zero-order valence-corrected chi connectivity index (χ0v) is 26.7. The van der Waals surface area contributed by atoms with Gasteiger partial charge in [0, 0.05) is 43.0 Å². The number of hydrogen-bond acceptors (Lipinski definition) is 10. The van der Waals surface area contributed by atoms with Crippen LogP contribution in [0.5, 0.6) is 0 Å². The van der Waals surface area contributed by atoms with Crippen LogP contribution in [0.2, 0.25) is 0 Å². The molecule has 1 saturated heterocycles. The third-order valence-electron chi connectivity index (χ3n) is 7.89. The Labute approximate surface area is 269 Å². The highest BCUT2D eigenvalue weighted by atomic mass is 16.7. The highest BCUT2D eigenvalue weighted by Gasteiger charge is 2.21. The molecule has 1 aliphatic heterocycles. The lowest BCUT2D eigenvalue weighted by molar-refractivity contribution is -0.128. The number of anilines is 2. The molecule has 0 unspecified atom stereocenters. The number of ether oxygens (including phenoxy) is 2. The number of nitrogens with one attached hydrogen (secondary N) is 2. The van der Waals surface area contributed by atoms with E-state index in [0.717, 1.165) is 36.1 Å². The molecule has 1 aromatic carbocycles. The first-order valence-electron chi connectivity index (χ1n) is 15.8. The molecule has 1 aliphatic rings. The van der Waals surface area contributed by atoms with Crippen molar-refractivity contribution < 1.29 is 19.1 Å². The minimum Gasteiger partial charge on any atom is -0.432 e. The van der Waals surface area contributed by atoms with Crippen molar-refractivity contribution in [1.29, 1.82) is 0 Å². The number of pyridine rings is 1. The van der Waals surface area contributed by atoms with Gasteiger partial charge in [-0.05, 0) is 57.2 Å². The maximum atomic E-state index is 12.5. The number of aromatic nitrogens is 5. The number of nitrogens with zero attached hydrogens (tertiary/aromatic N) is 6. The van der Waals surface area contributed by atoms with E-state index in [1.165, 1.54) is 0 Å². The quantitative estimate of drug-likeness (QED) is 0.134. The molecule has 0 aliphatic carbocycles. The lowest BCUT2D eigenvalue weighted by Crippen LogP contribution is -2.37. The van der Waals surface area contributed by atoms with Crippen LogP contribution in [0.4, 0.5) is 16.6 Å². The molecule has 4 aromatic rings. The van der Waals surface area contributed by atoms with Crippen molar-refractivity contribution in [2.75, 3.05) is 36.9 Å². The van der Waals surface area contributed by atoms with E-state index in [9.17, 15) is 9.59 Å². The van der Waals surface area contributed by atoms with E-state index in [-0.39, 0.29) is 36.8 Å². The molecule has 1 fully saturated rings. The maximum Gasteiger partial charge on any atom is 0.508 e. The fourth-order valence-electron chi connectivity index (χ4n) is 5.18. The Hall–Kier alpha value is -5.00. The number of benzene rings is 1. The van der Waals surface area contributed by atoms with Gasteiger partial charge in [-0.3, -0.25) is 9.78 Å². The third-order valence-corrected chi connectivity index (χ3v) is 7.89. The maximum absolute atomic E-state index is 12.5. The summed E-state index contributed by atoms with van der Waals surface area (Å²) in [6.45, 7) is 11.6. The average molecular weight is 627 g/mol. The van der Waals surface area contributed by atoms with E-state index >= 15 is 0 Å². The molecule has 1 amide bonds. The van der Waals surface area contributed by atoms with Crippen LogP contribution < -0.4 is 10.6 Å². The number of piperidine rings is 1. The van der Waals surface area contributed by atoms with Gasteiger partial charge in [-0.15, -0.1) is 0 Å². The normalized spacial score (nSPS) is 13.8. The predicted octanol–water partition coefficient (Wildman–Crippen LogP) is 5.99. The van der Waals surface area contributed by atoms with Gasteiger partial charge in [0.05, 0.1) is 18.1 Å². The molecule has 3 aromatic heterocycles. The summed E-state index contributed by atoms with van der Waals surface area (Å²) < 4.78 is 12.5. The van der Waals surface area contributed by atoms with Gasteiger partial charge in [-0.2, -0.15) is 9.97 Å². The van der Waals surface area contributed by atoms with Crippen molar-refractivity contribution in [3.63, 3.8) is 0 Å². The number of fused-ring (bicyclic) bond motifs is 1. The Morgan fingerprint density at radius 2 is 1.78 bits per heavy atom. The van der Waals surface area contributed by atoms with Gasteiger partial charge in [0.2, 0.25) is 5.95 Å². The second-order valence-electron chi connectivity index (χ2n) is 11.6. The number of likely N-dealkylation sites (tertiary alicyclic amines) is 1. The van der Waals surface area contributed by atoms with Crippen LogP contribution in [0, 0.1) is 0 Å². The van der Waals surface area contributed by atoms with Gasteiger partial charge in [0.25, 0.3) is 5.91 Å². The lowest BCUT2D eigenvalue weighted by atomic mass is 10.1. The Morgan fingerprint density at radius 1 is 1.00 bits per heavy atom. The minimum atomic E-state index is -0.862. The highest BCUT2D eigenvalue weighted by Crippen LogP contribution is 2.25. The summed E-state index contributed by atoms with van der Waals surface area (Å²) in [4.78, 5) is 45.2. The zero-order valence-electron chi connectivity index (χ0n) is 26.7.